The first-order valence-corrected chi connectivity index (χ1v) is 10.9. The van der Waals surface area contributed by atoms with Gasteiger partial charge in [-0.25, -0.2) is 4.99 Å². The number of carbonyl (C=O) groups is 1. The van der Waals surface area contributed by atoms with Crippen LogP contribution in [0.4, 0.5) is 5.69 Å². The topological polar surface area (TPSA) is 67.9 Å². The normalized spacial score (nSPS) is 15.1. The fourth-order valence-corrected chi connectivity index (χ4v) is 4.06. The summed E-state index contributed by atoms with van der Waals surface area (Å²) in [4.78, 5) is 19.6. The standard InChI is InChI=1S/C24H23N3O3S/c1-16(2)18-9-7-17(8-10-18)13-22-23(28)27(20-5-4-6-21(14-20)29-3)24(25-22)31-15-19-11-12-30-26-19/h4-14,16H,15H2,1-3H3. The molecule has 0 saturated carbocycles. The van der Waals surface area contributed by atoms with Crippen LogP contribution in [0.25, 0.3) is 6.08 Å². The van der Waals surface area contributed by atoms with Crippen molar-refractivity contribution in [1.29, 1.82) is 0 Å². The molecule has 1 aromatic heterocycles. The van der Waals surface area contributed by atoms with Gasteiger partial charge in [-0.3, -0.25) is 9.69 Å². The van der Waals surface area contributed by atoms with Crippen molar-refractivity contribution in [3.63, 3.8) is 0 Å². The highest BCUT2D eigenvalue weighted by atomic mass is 32.2. The highest BCUT2D eigenvalue weighted by Crippen LogP contribution is 2.32. The molecular weight excluding hydrogens is 410 g/mol. The summed E-state index contributed by atoms with van der Waals surface area (Å²) in [5.74, 6) is 1.49. The van der Waals surface area contributed by atoms with Crippen LogP contribution in [0, 0.1) is 0 Å². The number of aromatic nitrogens is 1. The minimum atomic E-state index is -0.177. The van der Waals surface area contributed by atoms with E-state index in [0.717, 1.165) is 11.3 Å². The van der Waals surface area contributed by atoms with E-state index in [9.17, 15) is 4.79 Å². The summed E-state index contributed by atoms with van der Waals surface area (Å²) in [6.07, 6.45) is 3.35. The summed E-state index contributed by atoms with van der Waals surface area (Å²) in [5, 5.41) is 4.53. The van der Waals surface area contributed by atoms with E-state index in [-0.39, 0.29) is 5.91 Å². The summed E-state index contributed by atoms with van der Waals surface area (Å²) in [7, 11) is 1.60. The average Bonchev–Trinajstić information content (AvgIpc) is 3.41. The van der Waals surface area contributed by atoms with Gasteiger partial charge in [-0.05, 0) is 35.3 Å². The Labute approximate surface area is 185 Å². The smallest absolute Gasteiger partial charge is 0.283 e. The second-order valence-corrected chi connectivity index (χ2v) is 8.31. The Morgan fingerprint density at radius 3 is 2.65 bits per heavy atom. The molecule has 7 heteroatoms. The predicted molar refractivity (Wildman–Crippen MR) is 124 cm³/mol. The van der Waals surface area contributed by atoms with Gasteiger partial charge in [0.05, 0.1) is 18.5 Å². The van der Waals surface area contributed by atoms with Crippen molar-refractivity contribution in [3.05, 3.63) is 83.4 Å². The zero-order chi connectivity index (χ0) is 21.8. The van der Waals surface area contributed by atoms with E-state index < -0.39 is 0 Å². The van der Waals surface area contributed by atoms with Gasteiger partial charge in [0.25, 0.3) is 5.91 Å². The largest absolute Gasteiger partial charge is 0.497 e. The number of hydrogen-bond donors (Lipinski definition) is 0. The van der Waals surface area contributed by atoms with Crippen LogP contribution in [0.1, 0.15) is 36.6 Å². The summed E-state index contributed by atoms with van der Waals surface area (Å²) in [6.45, 7) is 4.31. The lowest BCUT2D eigenvalue weighted by molar-refractivity contribution is -0.113. The number of nitrogens with zero attached hydrogens (tertiary/aromatic N) is 3. The number of rotatable bonds is 6. The maximum Gasteiger partial charge on any atom is 0.283 e. The van der Waals surface area contributed by atoms with Gasteiger partial charge in [0, 0.05) is 17.9 Å². The molecule has 0 aliphatic carbocycles. The third-order valence-corrected chi connectivity index (χ3v) is 5.86. The molecule has 0 atom stereocenters. The molecule has 1 aliphatic heterocycles. The lowest BCUT2D eigenvalue weighted by atomic mass is 10.0. The van der Waals surface area contributed by atoms with E-state index in [1.807, 2.05) is 42.5 Å². The van der Waals surface area contributed by atoms with Crippen molar-refractivity contribution in [3.8, 4) is 5.75 Å². The van der Waals surface area contributed by atoms with E-state index >= 15 is 0 Å². The molecule has 31 heavy (non-hydrogen) atoms. The minimum absolute atomic E-state index is 0.177. The molecule has 3 aromatic rings. The van der Waals surface area contributed by atoms with E-state index in [1.54, 1.807) is 18.1 Å². The highest BCUT2D eigenvalue weighted by molar-refractivity contribution is 8.13. The van der Waals surface area contributed by atoms with E-state index in [0.29, 0.717) is 34.0 Å². The molecule has 0 spiro atoms. The summed E-state index contributed by atoms with van der Waals surface area (Å²) >= 11 is 1.43. The van der Waals surface area contributed by atoms with Crippen molar-refractivity contribution < 1.29 is 14.1 Å². The third-order valence-electron chi connectivity index (χ3n) is 4.89. The van der Waals surface area contributed by atoms with Crippen molar-refractivity contribution >= 4 is 34.6 Å². The molecule has 6 nitrogen and oxygen atoms in total. The monoisotopic (exact) mass is 433 g/mol. The Balaban J connectivity index is 1.66. The number of thioether (sulfide) groups is 1. The van der Waals surface area contributed by atoms with Crippen LogP contribution in [0.2, 0.25) is 0 Å². The molecule has 1 aliphatic rings. The fraction of sp³-hybridized carbons (Fsp3) is 0.208. The Hall–Kier alpha value is -3.32. The van der Waals surface area contributed by atoms with Crippen LogP contribution in [0.15, 0.2) is 76.1 Å². The van der Waals surface area contributed by atoms with Crippen molar-refractivity contribution in [2.24, 2.45) is 4.99 Å². The molecule has 0 radical (unpaired) electrons. The number of benzene rings is 2. The number of aliphatic imine (C=N–C) groups is 1. The molecule has 2 heterocycles. The summed E-state index contributed by atoms with van der Waals surface area (Å²) < 4.78 is 10.2. The zero-order valence-electron chi connectivity index (χ0n) is 17.6. The Morgan fingerprint density at radius 1 is 1.16 bits per heavy atom. The number of hydrogen-bond acceptors (Lipinski definition) is 6. The third kappa shape index (κ3) is 4.72. The van der Waals surface area contributed by atoms with Crippen LogP contribution in [0.5, 0.6) is 5.75 Å². The van der Waals surface area contributed by atoms with Crippen LogP contribution >= 0.6 is 11.8 Å². The number of methoxy groups -OCH3 is 1. The van der Waals surface area contributed by atoms with Gasteiger partial charge in [0.1, 0.15) is 17.7 Å². The molecule has 1 amide bonds. The first-order chi connectivity index (χ1) is 15.0. The lowest BCUT2D eigenvalue weighted by Crippen LogP contribution is -2.30. The lowest BCUT2D eigenvalue weighted by Gasteiger charge is -2.18. The van der Waals surface area contributed by atoms with E-state index in [1.165, 1.54) is 23.6 Å². The minimum Gasteiger partial charge on any atom is -0.497 e. The van der Waals surface area contributed by atoms with Crippen molar-refractivity contribution in [2.75, 3.05) is 12.0 Å². The van der Waals surface area contributed by atoms with Crippen molar-refractivity contribution in [2.45, 2.75) is 25.5 Å². The molecule has 158 valence electrons. The van der Waals surface area contributed by atoms with Gasteiger partial charge in [-0.2, -0.15) is 0 Å². The van der Waals surface area contributed by atoms with Crippen LogP contribution in [-0.4, -0.2) is 23.3 Å². The molecule has 2 aromatic carbocycles. The first-order valence-electron chi connectivity index (χ1n) is 9.96. The van der Waals surface area contributed by atoms with Gasteiger partial charge in [0.2, 0.25) is 0 Å². The number of ether oxygens (including phenoxy) is 1. The Kier molecular flexibility index (Phi) is 6.23. The number of carbonyl (C=O) groups excluding carboxylic acids is 1. The molecule has 0 N–H and O–H groups in total. The Morgan fingerprint density at radius 2 is 1.97 bits per heavy atom. The van der Waals surface area contributed by atoms with Gasteiger partial charge in [-0.15, -0.1) is 0 Å². The van der Waals surface area contributed by atoms with Gasteiger partial charge in [-0.1, -0.05) is 61.1 Å². The number of amidine groups is 1. The molecular formula is C24H23N3O3S. The number of anilines is 1. The second-order valence-electron chi connectivity index (χ2n) is 7.37. The quantitative estimate of drug-likeness (QED) is 0.481. The maximum absolute atomic E-state index is 13.3. The molecule has 0 fully saturated rings. The molecule has 0 bridgehead atoms. The fourth-order valence-electron chi connectivity index (χ4n) is 3.16. The Bertz CT molecular complexity index is 1120. The van der Waals surface area contributed by atoms with E-state index in [2.05, 4.69) is 36.1 Å². The highest BCUT2D eigenvalue weighted by Gasteiger charge is 2.32. The molecule has 0 saturated heterocycles. The van der Waals surface area contributed by atoms with E-state index in [4.69, 9.17) is 9.26 Å². The van der Waals surface area contributed by atoms with Crippen LogP contribution in [-0.2, 0) is 10.5 Å². The first kappa shape index (κ1) is 20.9. The van der Waals surface area contributed by atoms with Gasteiger partial charge < -0.3 is 9.26 Å². The van der Waals surface area contributed by atoms with Crippen LogP contribution in [0.3, 0.4) is 0 Å². The summed E-state index contributed by atoms with van der Waals surface area (Å²) in [6, 6.07) is 17.4. The molecule has 4 rings (SSSR count). The molecule has 0 unspecified atom stereocenters. The number of amides is 1. The SMILES string of the molecule is COc1cccc(N2C(=O)C(=Cc3ccc(C(C)C)cc3)N=C2SCc2ccon2)c1. The second kappa shape index (κ2) is 9.22. The predicted octanol–water partition coefficient (Wildman–Crippen LogP) is 5.48. The maximum atomic E-state index is 13.3. The zero-order valence-corrected chi connectivity index (χ0v) is 18.4. The summed E-state index contributed by atoms with van der Waals surface area (Å²) in [5.41, 5.74) is 4.07. The average molecular weight is 434 g/mol. The van der Waals surface area contributed by atoms with Crippen LogP contribution < -0.4 is 9.64 Å². The van der Waals surface area contributed by atoms with Gasteiger partial charge >= 0.3 is 0 Å². The van der Waals surface area contributed by atoms with Crippen molar-refractivity contribution in [1.82, 2.24) is 5.16 Å². The van der Waals surface area contributed by atoms with Gasteiger partial charge in [0.15, 0.2) is 5.17 Å².